The van der Waals surface area contributed by atoms with E-state index in [4.69, 9.17) is 4.74 Å². The van der Waals surface area contributed by atoms with E-state index < -0.39 is 5.97 Å². The summed E-state index contributed by atoms with van der Waals surface area (Å²) in [6.45, 7) is 2.18. The van der Waals surface area contributed by atoms with Crippen molar-refractivity contribution in [2.75, 3.05) is 7.11 Å². The predicted octanol–water partition coefficient (Wildman–Crippen LogP) is 4.17. The molecule has 1 fully saturated rings. The molecule has 3 nitrogen and oxygen atoms in total. The number of benzene rings is 1. The summed E-state index contributed by atoms with van der Waals surface area (Å²) in [4.78, 5) is 11.6. The van der Waals surface area contributed by atoms with E-state index in [1.54, 1.807) is 7.11 Å². The molecular weight excluding hydrogens is 288 g/mol. The van der Waals surface area contributed by atoms with Crippen molar-refractivity contribution in [2.45, 2.75) is 44.9 Å². The maximum atomic E-state index is 11.6. The molecule has 0 bridgehead atoms. The smallest absolute Gasteiger partial charge is 0.331 e. The van der Waals surface area contributed by atoms with Gasteiger partial charge in [-0.25, -0.2) is 4.79 Å². The monoisotopic (exact) mass is 312 g/mol. The molecular formula is C20H24O3. The zero-order valence-corrected chi connectivity index (χ0v) is 13.8. The van der Waals surface area contributed by atoms with Crippen molar-refractivity contribution in [3.63, 3.8) is 0 Å². The van der Waals surface area contributed by atoms with Crippen LogP contribution >= 0.6 is 0 Å². The van der Waals surface area contributed by atoms with Crippen LogP contribution in [-0.4, -0.2) is 18.2 Å². The molecule has 3 aliphatic rings. The average Bonchev–Trinajstić information content (AvgIpc) is 2.91. The molecule has 0 radical (unpaired) electrons. The number of rotatable bonds is 2. The SMILES string of the molecule is COc1ccc2c(c1)CC[C@@H]1[C@@H]2CC[C@]2(C)C(C(=O)O)=CC[C@@H]12. The first-order valence-electron chi connectivity index (χ1n) is 8.65. The molecule has 3 heteroatoms. The van der Waals surface area contributed by atoms with Crippen LogP contribution in [0.15, 0.2) is 29.8 Å². The summed E-state index contributed by atoms with van der Waals surface area (Å²) in [5, 5.41) is 9.55. The van der Waals surface area contributed by atoms with E-state index in [0.717, 1.165) is 31.4 Å². The van der Waals surface area contributed by atoms with Crippen LogP contribution in [0.25, 0.3) is 0 Å². The molecule has 0 unspecified atom stereocenters. The molecule has 0 amide bonds. The molecule has 122 valence electrons. The fourth-order valence-corrected chi connectivity index (χ4v) is 5.58. The fraction of sp³-hybridized carbons (Fsp3) is 0.550. The minimum Gasteiger partial charge on any atom is -0.497 e. The second-order valence-corrected chi connectivity index (χ2v) is 7.60. The zero-order chi connectivity index (χ0) is 16.2. The maximum absolute atomic E-state index is 11.6. The number of aliphatic carboxylic acids is 1. The average molecular weight is 312 g/mol. The van der Waals surface area contributed by atoms with Crippen LogP contribution in [0.5, 0.6) is 5.75 Å². The van der Waals surface area contributed by atoms with Crippen molar-refractivity contribution in [2.24, 2.45) is 17.3 Å². The number of methoxy groups -OCH3 is 1. The highest BCUT2D eigenvalue weighted by atomic mass is 16.5. The third-order valence-corrected chi connectivity index (χ3v) is 6.74. The third kappa shape index (κ3) is 2.05. The van der Waals surface area contributed by atoms with Crippen molar-refractivity contribution in [3.8, 4) is 5.75 Å². The van der Waals surface area contributed by atoms with E-state index in [0.29, 0.717) is 23.3 Å². The van der Waals surface area contributed by atoms with E-state index in [1.165, 1.54) is 17.5 Å². The van der Waals surface area contributed by atoms with Gasteiger partial charge in [-0.3, -0.25) is 0 Å². The fourth-order valence-electron chi connectivity index (χ4n) is 5.58. The van der Waals surface area contributed by atoms with Crippen molar-refractivity contribution in [3.05, 3.63) is 41.0 Å². The van der Waals surface area contributed by atoms with E-state index in [9.17, 15) is 9.90 Å². The number of carbonyl (C=O) groups is 1. The number of hydrogen-bond acceptors (Lipinski definition) is 2. The Hall–Kier alpha value is -1.77. The second kappa shape index (κ2) is 5.12. The molecule has 4 rings (SSSR count). The summed E-state index contributed by atoms with van der Waals surface area (Å²) in [6, 6.07) is 6.51. The Morgan fingerprint density at radius 3 is 2.91 bits per heavy atom. The number of hydrogen-bond donors (Lipinski definition) is 1. The van der Waals surface area contributed by atoms with Crippen LogP contribution in [0.1, 0.15) is 49.7 Å². The van der Waals surface area contributed by atoms with Gasteiger partial charge in [-0.2, -0.15) is 0 Å². The lowest BCUT2D eigenvalue weighted by atomic mass is 9.54. The number of aryl methyl sites for hydroxylation is 1. The van der Waals surface area contributed by atoms with Gasteiger partial charge in [0.15, 0.2) is 0 Å². The molecule has 1 aromatic rings. The lowest BCUT2D eigenvalue weighted by Crippen LogP contribution is -2.42. The number of carboxylic acid groups (broad SMARTS) is 1. The lowest BCUT2D eigenvalue weighted by Gasteiger charge is -2.49. The van der Waals surface area contributed by atoms with E-state index in [1.807, 2.05) is 6.08 Å². The van der Waals surface area contributed by atoms with Crippen LogP contribution in [-0.2, 0) is 11.2 Å². The van der Waals surface area contributed by atoms with Gasteiger partial charge in [0, 0.05) is 11.0 Å². The van der Waals surface area contributed by atoms with Crippen LogP contribution in [0, 0.1) is 17.3 Å². The summed E-state index contributed by atoms with van der Waals surface area (Å²) >= 11 is 0. The van der Waals surface area contributed by atoms with Gasteiger partial charge in [-0.1, -0.05) is 19.1 Å². The summed E-state index contributed by atoms with van der Waals surface area (Å²) in [6.07, 6.45) is 7.28. The summed E-state index contributed by atoms with van der Waals surface area (Å²) < 4.78 is 5.37. The van der Waals surface area contributed by atoms with Crippen LogP contribution in [0.2, 0.25) is 0 Å². The molecule has 1 aromatic carbocycles. The molecule has 0 aromatic heterocycles. The molecule has 0 aliphatic heterocycles. The minimum atomic E-state index is -0.714. The Morgan fingerprint density at radius 2 is 2.17 bits per heavy atom. The highest BCUT2D eigenvalue weighted by molar-refractivity contribution is 5.89. The molecule has 3 aliphatic carbocycles. The predicted molar refractivity (Wildman–Crippen MR) is 88.7 cm³/mol. The summed E-state index contributed by atoms with van der Waals surface area (Å²) in [5.41, 5.74) is 3.45. The van der Waals surface area contributed by atoms with Crippen LogP contribution < -0.4 is 4.74 Å². The van der Waals surface area contributed by atoms with Crippen molar-refractivity contribution in [1.82, 2.24) is 0 Å². The quantitative estimate of drug-likeness (QED) is 0.891. The highest BCUT2D eigenvalue weighted by Crippen LogP contribution is 2.61. The van der Waals surface area contributed by atoms with Crippen molar-refractivity contribution >= 4 is 5.97 Å². The normalized spacial score (nSPS) is 34.9. The maximum Gasteiger partial charge on any atom is 0.331 e. The van der Waals surface area contributed by atoms with Crippen molar-refractivity contribution < 1.29 is 14.6 Å². The van der Waals surface area contributed by atoms with E-state index >= 15 is 0 Å². The van der Waals surface area contributed by atoms with E-state index in [-0.39, 0.29) is 5.41 Å². The first-order chi connectivity index (χ1) is 11.0. The Morgan fingerprint density at radius 1 is 1.35 bits per heavy atom. The zero-order valence-electron chi connectivity index (χ0n) is 13.8. The van der Waals surface area contributed by atoms with Gasteiger partial charge in [-0.05, 0) is 73.1 Å². The first-order valence-corrected chi connectivity index (χ1v) is 8.65. The van der Waals surface area contributed by atoms with Crippen molar-refractivity contribution in [1.29, 1.82) is 0 Å². The largest absolute Gasteiger partial charge is 0.497 e. The lowest BCUT2D eigenvalue weighted by molar-refractivity contribution is -0.134. The first kappa shape index (κ1) is 14.8. The van der Waals surface area contributed by atoms with Crippen LogP contribution in [0.3, 0.4) is 0 Å². The number of ether oxygens (including phenoxy) is 1. The van der Waals surface area contributed by atoms with Gasteiger partial charge in [0.1, 0.15) is 5.75 Å². The Balaban J connectivity index is 1.67. The molecule has 0 heterocycles. The van der Waals surface area contributed by atoms with E-state index in [2.05, 4.69) is 25.1 Å². The Labute approximate surface area is 137 Å². The van der Waals surface area contributed by atoms with Gasteiger partial charge in [0.2, 0.25) is 0 Å². The molecule has 0 saturated heterocycles. The standard InChI is InChI=1S/C20H24O3/c1-20-10-9-15-14-6-4-13(23-2)11-12(14)3-5-16(15)17(20)7-8-18(20)19(21)22/h4,6,8,11,15-17H,3,5,7,9-10H2,1-2H3,(H,21,22)/t15-,16-,17+,20+/m1/s1. The molecule has 23 heavy (non-hydrogen) atoms. The van der Waals surface area contributed by atoms with Crippen LogP contribution in [0.4, 0.5) is 0 Å². The summed E-state index contributed by atoms with van der Waals surface area (Å²) in [5.74, 6) is 1.92. The molecule has 1 saturated carbocycles. The summed E-state index contributed by atoms with van der Waals surface area (Å²) in [7, 11) is 1.72. The molecule has 0 spiro atoms. The second-order valence-electron chi connectivity index (χ2n) is 7.60. The van der Waals surface area contributed by atoms with Gasteiger partial charge < -0.3 is 9.84 Å². The van der Waals surface area contributed by atoms with Gasteiger partial charge >= 0.3 is 5.97 Å². The third-order valence-electron chi connectivity index (χ3n) is 6.74. The van der Waals surface area contributed by atoms with Gasteiger partial charge in [-0.15, -0.1) is 0 Å². The number of carboxylic acids is 1. The highest BCUT2D eigenvalue weighted by Gasteiger charge is 2.53. The van der Waals surface area contributed by atoms with Gasteiger partial charge in [0.05, 0.1) is 7.11 Å². The molecule has 1 N–H and O–H groups in total. The Bertz CT molecular complexity index is 690. The Kier molecular flexibility index (Phi) is 3.29. The minimum absolute atomic E-state index is 0.128. The number of allylic oxidation sites excluding steroid dienone is 1. The number of fused-ring (bicyclic) bond motifs is 5. The topological polar surface area (TPSA) is 46.5 Å². The van der Waals surface area contributed by atoms with Gasteiger partial charge in [0.25, 0.3) is 0 Å². The molecule has 4 atom stereocenters.